The van der Waals surface area contributed by atoms with E-state index in [1.54, 1.807) is 0 Å². The fourth-order valence-electron chi connectivity index (χ4n) is 4.08. The average molecular weight is 326 g/mol. The molecule has 0 aromatic heterocycles. The fraction of sp³-hybridized carbons (Fsp3) is 0.545. The molecule has 0 spiro atoms. The molecule has 1 fully saturated rings. The third-order valence-corrected chi connectivity index (χ3v) is 5.70. The van der Waals surface area contributed by atoms with Crippen molar-refractivity contribution in [2.45, 2.75) is 66.1 Å². The van der Waals surface area contributed by atoms with Crippen LogP contribution < -0.4 is 0 Å². The molecule has 0 aromatic rings. The third-order valence-electron chi connectivity index (χ3n) is 5.70. The van der Waals surface area contributed by atoms with Gasteiger partial charge in [-0.3, -0.25) is 0 Å². The van der Waals surface area contributed by atoms with Crippen molar-refractivity contribution in [2.24, 2.45) is 10.8 Å². The molecule has 1 saturated carbocycles. The fourth-order valence-corrected chi connectivity index (χ4v) is 4.08. The number of rotatable bonds is 2. The van der Waals surface area contributed by atoms with Gasteiger partial charge in [0.05, 0.1) is 5.41 Å². The molecule has 2 unspecified atom stereocenters. The van der Waals surface area contributed by atoms with Crippen molar-refractivity contribution < 1.29 is 9.84 Å². The molecule has 0 amide bonds. The molecule has 2 heteroatoms. The molecule has 3 rings (SSSR count). The van der Waals surface area contributed by atoms with Gasteiger partial charge in [-0.1, -0.05) is 64.5 Å². The van der Waals surface area contributed by atoms with E-state index < -0.39 is 11.2 Å². The summed E-state index contributed by atoms with van der Waals surface area (Å²) in [6.45, 7) is 15.2. The first kappa shape index (κ1) is 17.3. The summed E-state index contributed by atoms with van der Waals surface area (Å²) in [5, 5.41) is 11.5. The van der Waals surface area contributed by atoms with Gasteiger partial charge in [0.25, 0.3) is 0 Å². The van der Waals surface area contributed by atoms with Gasteiger partial charge < -0.3 is 9.84 Å². The van der Waals surface area contributed by atoms with Crippen LogP contribution in [0.25, 0.3) is 0 Å². The Bertz CT molecular complexity index is 696. The summed E-state index contributed by atoms with van der Waals surface area (Å²) in [6.07, 6.45) is 12.2. The van der Waals surface area contributed by atoms with Crippen LogP contribution in [-0.4, -0.2) is 10.9 Å². The highest BCUT2D eigenvalue weighted by atomic mass is 16.6. The summed E-state index contributed by atoms with van der Waals surface area (Å²) in [6, 6.07) is 0. The van der Waals surface area contributed by atoms with Crippen LogP contribution in [0.1, 0.15) is 60.3 Å². The second-order valence-corrected chi connectivity index (χ2v) is 8.57. The van der Waals surface area contributed by atoms with Gasteiger partial charge in [-0.15, -0.1) is 0 Å². The van der Waals surface area contributed by atoms with Gasteiger partial charge in [0.2, 0.25) is 5.79 Å². The van der Waals surface area contributed by atoms with Crippen molar-refractivity contribution in [1.29, 1.82) is 0 Å². The summed E-state index contributed by atoms with van der Waals surface area (Å²) in [5.74, 6) is -0.473. The Labute approximate surface area is 146 Å². The highest BCUT2D eigenvalue weighted by molar-refractivity contribution is 5.56. The Kier molecular flexibility index (Phi) is 3.95. The Morgan fingerprint density at radius 1 is 1.38 bits per heavy atom. The van der Waals surface area contributed by atoms with Crippen molar-refractivity contribution in [3.8, 4) is 0 Å². The van der Waals surface area contributed by atoms with Crippen molar-refractivity contribution in [1.82, 2.24) is 0 Å². The van der Waals surface area contributed by atoms with Crippen molar-refractivity contribution in [2.75, 3.05) is 0 Å². The predicted molar refractivity (Wildman–Crippen MR) is 99.2 cm³/mol. The van der Waals surface area contributed by atoms with Crippen LogP contribution in [0.5, 0.6) is 0 Å². The molecule has 0 radical (unpaired) electrons. The Balaban J connectivity index is 2.11. The van der Waals surface area contributed by atoms with Crippen LogP contribution >= 0.6 is 0 Å². The third kappa shape index (κ3) is 2.35. The minimum Gasteiger partial charge on any atom is -0.457 e. The summed E-state index contributed by atoms with van der Waals surface area (Å²) in [7, 11) is 0. The number of ether oxygens (including phenoxy) is 1. The number of aliphatic hydroxyl groups is 1. The molecule has 24 heavy (non-hydrogen) atoms. The monoisotopic (exact) mass is 326 g/mol. The minimum atomic E-state index is -1.29. The maximum Gasteiger partial charge on any atom is 0.244 e. The second-order valence-electron chi connectivity index (χ2n) is 8.57. The lowest BCUT2D eigenvalue weighted by Gasteiger charge is -2.34. The average Bonchev–Trinajstić information content (AvgIpc) is 2.69. The minimum absolute atomic E-state index is 0.0976. The first-order chi connectivity index (χ1) is 11.1. The van der Waals surface area contributed by atoms with Gasteiger partial charge >= 0.3 is 0 Å². The zero-order valence-electron chi connectivity index (χ0n) is 15.7. The molecule has 0 saturated heterocycles. The lowest BCUT2D eigenvalue weighted by atomic mass is 9.74. The largest absolute Gasteiger partial charge is 0.457 e. The molecule has 3 aliphatic rings. The van der Waals surface area contributed by atoms with E-state index in [4.69, 9.17) is 4.74 Å². The van der Waals surface area contributed by atoms with E-state index in [1.165, 1.54) is 5.57 Å². The number of hydrogen-bond donors (Lipinski definition) is 1. The summed E-state index contributed by atoms with van der Waals surface area (Å²) in [5.41, 5.74) is 3.99. The van der Waals surface area contributed by atoms with E-state index in [0.29, 0.717) is 0 Å². The van der Waals surface area contributed by atoms with E-state index in [9.17, 15) is 5.11 Å². The molecule has 2 aliphatic carbocycles. The maximum absolute atomic E-state index is 11.5. The maximum atomic E-state index is 11.5. The Morgan fingerprint density at radius 3 is 2.71 bits per heavy atom. The zero-order chi connectivity index (χ0) is 17.8. The van der Waals surface area contributed by atoms with E-state index in [2.05, 4.69) is 59.4 Å². The van der Waals surface area contributed by atoms with Crippen molar-refractivity contribution >= 4 is 0 Å². The lowest BCUT2D eigenvalue weighted by Crippen LogP contribution is -2.41. The van der Waals surface area contributed by atoms with Gasteiger partial charge in [-0.25, -0.2) is 0 Å². The number of unbranched alkanes of at least 4 members (excludes halogenated alkanes) is 1. The first-order valence-corrected chi connectivity index (χ1v) is 9.06. The van der Waals surface area contributed by atoms with Crippen LogP contribution in [0.2, 0.25) is 0 Å². The second kappa shape index (κ2) is 5.49. The molecular weight excluding hydrogens is 296 g/mol. The first-order valence-electron chi connectivity index (χ1n) is 9.06. The van der Waals surface area contributed by atoms with E-state index in [1.807, 2.05) is 6.08 Å². The Morgan fingerprint density at radius 2 is 2.08 bits per heavy atom. The smallest absolute Gasteiger partial charge is 0.244 e. The van der Waals surface area contributed by atoms with E-state index in [-0.39, 0.29) is 5.41 Å². The number of allylic oxidation sites excluding steroid dienone is 5. The van der Waals surface area contributed by atoms with Crippen LogP contribution in [0.15, 0.2) is 58.9 Å². The van der Waals surface area contributed by atoms with E-state index >= 15 is 0 Å². The summed E-state index contributed by atoms with van der Waals surface area (Å²) < 4.78 is 6.18. The van der Waals surface area contributed by atoms with Crippen LogP contribution in [0.4, 0.5) is 0 Å². The number of fused-ring (bicyclic) bond motifs is 2. The quantitative estimate of drug-likeness (QED) is 0.717. The van der Waals surface area contributed by atoms with Gasteiger partial charge in [-0.2, -0.15) is 0 Å². The normalized spacial score (nSPS) is 34.2. The van der Waals surface area contributed by atoms with Crippen LogP contribution in [0.3, 0.4) is 0 Å². The van der Waals surface area contributed by atoms with Crippen LogP contribution in [-0.2, 0) is 4.74 Å². The molecule has 0 bridgehead atoms. The predicted octanol–water partition coefficient (Wildman–Crippen LogP) is 5.58. The molecule has 1 N–H and O–H groups in total. The molecular formula is C22H30O2. The zero-order valence-corrected chi connectivity index (χ0v) is 15.7. The standard InChI is InChI=1S/C22H30O2/c1-7-8-11-17-15(2)14-21(6)18-13-16(20(3,4)5)10-9-12-19(18)24-22(17,21)23/h9,11-13,23H,2,7-8,10,14H2,1,3-6H3/b17-11+. The highest BCUT2D eigenvalue weighted by Crippen LogP contribution is 2.63. The topological polar surface area (TPSA) is 29.5 Å². The van der Waals surface area contributed by atoms with Gasteiger partial charge in [-0.05, 0) is 43.3 Å². The Hall–Kier alpha value is -1.54. The molecule has 130 valence electrons. The van der Waals surface area contributed by atoms with Crippen LogP contribution in [0, 0.1) is 10.8 Å². The number of hydrogen-bond acceptors (Lipinski definition) is 2. The molecule has 0 aromatic carbocycles. The van der Waals surface area contributed by atoms with E-state index in [0.717, 1.165) is 48.2 Å². The lowest BCUT2D eigenvalue weighted by molar-refractivity contribution is -0.171. The van der Waals surface area contributed by atoms with Gasteiger partial charge in [0.1, 0.15) is 5.76 Å². The molecule has 2 nitrogen and oxygen atoms in total. The molecule has 1 heterocycles. The molecule has 2 atom stereocenters. The van der Waals surface area contributed by atoms with Crippen molar-refractivity contribution in [3.05, 3.63) is 58.9 Å². The summed E-state index contributed by atoms with van der Waals surface area (Å²) in [4.78, 5) is 0. The van der Waals surface area contributed by atoms with Crippen molar-refractivity contribution in [3.63, 3.8) is 0 Å². The van der Waals surface area contributed by atoms with Gasteiger partial charge in [0.15, 0.2) is 0 Å². The highest BCUT2D eigenvalue weighted by Gasteiger charge is 2.64. The van der Waals surface area contributed by atoms with Gasteiger partial charge in [0, 0.05) is 11.1 Å². The molecule has 1 aliphatic heterocycles. The summed E-state index contributed by atoms with van der Waals surface area (Å²) >= 11 is 0. The SMILES string of the molecule is C=C1CC2(C)C3=C(C=CCC(C(C)(C)C)=C3)OC2(O)/C1=C/CCC.